The second kappa shape index (κ2) is 6.26. The zero-order valence-electron chi connectivity index (χ0n) is 9.07. The molecule has 0 fully saturated rings. The lowest BCUT2D eigenvalue weighted by molar-refractivity contribution is 1.50. The predicted molar refractivity (Wildman–Crippen MR) is 68.2 cm³/mol. The normalized spacial score (nSPS) is 9.00. The van der Waals surface area contributed by atoms with Gasteiger partial charge in [0.1, 0.15) is 0 Å². The first-order chi connectivity index (χ1) is 7.38. The molecule has 0 unspecified atom stereocenters. The van der Waals surface area contributed by atoms with Crippen molar-refractivity contribution in [1.29, 1.82) is 0 Å². The smallest absolute Gasteiger partial charge is 0.0484 e. The van der Waals surface area contributed by atoms with Crippen molar-refractivity contribution in [1.82, 2.24) is 0 Å². The number of halogens is 1. The lowest BCUT2D eigenvalue weighted by Gasteiger charge is -2.02. The summed E-state index contributed by atoms with van der Waals surface area (Å²) in [6.45, 7) is 4.00. The van der Waals surface area contributed by atoms with Crippen molar-refractivity contribution in [3.05, 3.63) is 59.6 Å². The van der Waals surface area contributed by atoms with Gasteiger partial charge in [-0.3, -0.25) is 0 Å². The van der Waals surface area contributed by atoms with Gasteiger partial charge in [-0.25, -0.2) is 0 Å². The maximum atomic E-state index is 6.06. The minimum atomic E-state index is 0.800. The second-order valence-electron chi connectivity index (χ2n) is 2.85. The average Bonchev–Trinajstić information content (AvgIpc) is 2.33. The third-order valence-electron chi connectivity index (χ3n) is 1.96. The van der Waals surface area contributed by atoms with Crippen LogP contribution in [0, 0.1) is 0 Å². The molecule has 2 aromatic carbocycles. The highest BCUT2D eigenvalue weighted by atomic mass is 35.5. The molecule has 0 atom stereocenters. The van der Waals surface area contributed by atoms with Crippen molar-refractivity contribution in [3.63, 3.8) is 0 Å². The number of benzene rings is 2. The molecule has 0 heterocycles. The Balaban J connectivity index is 0.000000531. The second-order valence-corrected chi connectivity index (χ2v) is 3.25. The lowest BCUT2D eigenvalue weighted by Crippen LogP contribution is -1.77. The molecule has 2 aromatic rings. The molecule has 0 bridgehead atoms. The van der Waals surface area contributed by atoms with Crippen LogP contribution in [-0.4, -0.2) is 0 Å². The summed E-state index contributed by atoms with van der Waals surface area (Å²) in [5, 5.41) is 0.800. The molecular weight excluding hydrogens is 204 g/mol. The number of hydrogen-bond acceptors (Lipinski definition) is 0. The lowest BCUT2D eigenvalue weighted by atomic mass is 10.1. The van der Waals surface area contributed by atoms with Crippen LogP contribution in [0.2, 0.25) is 5.02 Å². The molecule has 0 aromatic heterocycles. The van der Waals surface area contributed by atoms with Gasteiger partial charge >= 0.3 is 0 Å². The summed E-state index contributed by atoms with van der Waals surface area (Å²) in [7, 11) is 0. The summed E-state index contributed by atoms with van der Waals surface area (Å²) < 4.78 is 0. The molecule has 0 saturated carbocycles. The molecule has 2 rings (SSSR count). The Kier molecular flexibility index (Phi) is 4.92. The first kappa shape index (κ1) is 11.8. The van der Waals surface area contributed by atoms with E-state index in [1.165, 1.54) is 0 Å². The van der Waals surface area contributed by atoms with E-state index in [2.05, 4.69) is 12.1 Å². The van der Waals surface area contributed by atoms with Crippen molar-refractivity contribution >= 4 is 11.6 Å². The van der Waals surface area contributed by atoms with Crippen molar-refractivity contribution in [2.75, 3.05) is 0 Å². The van der Waals surface area contributed by atoms with Gasteiger partial charge in [0.2, 0.25) is 0 Å². The molecule has 0 aliphatic heterocycles. The maximum absolute atomic E-state index is 6.06. The predicted octanol–water partition coefficient (Wildman–Crippen LogP) is 5.03. The van der Waals surface area contributed by atoms with Crippen LogP contribution in [0.4, 0.5) is 0 Å². The van der Waals surface area contributed by atoms with Gasteiger partial charge in [0, 0.05) is 10.6 Å². The summed E-state index contributed by atoms with van der Waals surface area (Å²) in [6, 6.07) is 18.0. The molecular formula is C14H15Cl. The zero-order chi connectivity index (χ0) is 11.1. The van der Waals surface area contributed by atoms with Gasteiger partial charge in [-0.2, -0.15) is 0 Å². The van der Waals surface area contributed by atoms with Crippen molar-refractivity contribution in [3.8, 4) is 11.1 Å². The topological polar surface area (TPSA) is 0 Å². The fourth-order valence-corrected chi connectivity index (χ4v) is 1.56. The Bertz CT molecular complexity index is 393. The highest BCUT2D eigenvalue weighted by molar-refractivity contribution is 6.33. The molecule has 0 aliphatic rings. The molecule has 1 heteroatoms. The SMILES string of the molecule is CC.Clc1ccccc1-c1ccccc1. The van der Waals surface area contributed by atoms with E-state index < -0.39 is 0 Å². The van der Waals surface area contributed by atoms with Crippen LogP contribution < -0.4 is 0 Å². The van der Waals surface area contributed by atoms with E-state index in [-0.39, 0.29) is 0 Å². The van der Waals surface area contributed by atoms with Gasteiger partial charge in [0.25, 0.3) is 0 Å². The maximum Gasteiger partial charge on any atom is 0.0484 e. The molecule has 0 saturated heterocycles. The van der Waals surface area contributed by atoms with E-state index in [9.17, 15) is 0 Å². The first-order valence-corrected chi connectivity index (χ1v) is 5.55. The Hall–Kier alpha value is -1.27. The molecule has 0 aliphatic carbocycles. The fourth-order valence-electron chi connectivity index (χ4n) is 1.31. The minimum absolute atomic E-state index is 0.800. The minimum Gasteiger partial charge on any atom is -0.0837 e. The van der Waals surface area contributed by atoms with E-state index in [4.69, 9.17) is 11.6 Å². The third kappa shape index (κ3) is 3.10. The van der Waals surface area contributed by atoms with Crippen LogP contribution in [0.1, 0.15) is 13.8 Å². The highest BCUT2D eigenvalue weighted by Gasteiger charge is 1.99. The Morgan fingerprint density at radius 2 is 1.27 bits per heavy atom. The standard InChI is InChI=1S/C12H9Cl.C2H6/c13-12-9-5-4-8-11(12)10-6-2-1-3-7-10;1-2/h1-9H;1-2H3. The van der Waals surface area contributed by atoms with E-state index in [0.29, 0.717) is 0 Å². The van der Waals surface area contributed by atoms with Crippen LogP contribution in [0.3, 0.4) is 0 Å². The Labute approximate surface area is 96.5 Å². The van der Waals surface area contributed by atoms with Crippen molar-refractivity contribution in [2.45, 2.75) is 13.8 Å². The van der Waals surface area contributed by atoms with Crippen LogP contribution >= 0.6 is 11.6 Å². The summed E-state index contributed by atoms with van der Waals surface area (Å²) in [6.07, 6.45) is 0. The van der Waals surface area contributed by atoms with E-state index in [0.717, 1.165) is 16.1 Å². The molecule has 0 spiro atoms. The van der Waals surface area contributed by atoms with Crippen molar-refractivity contribution in [2.24, 2.45) is 0 Å². The van der Waals surface area contributed by atoms with E-state index in [1.54, 1.807) is 0 Å². The van der Waals surface area contributed by atoms with Gasteiger partial charge in [0.05, 0.1) is 0 Å². The molecule has 0 N–H and O–H groups in total. The first-order valence-electron chi connectivity index (χ1n) is 5.18. The molecule has 78 valence electrons. The van der Waals surface area contributed by atoms with Crippen molar-refractivity contribution < 1.29 is 0 Å². The highest BCUT2D eigenvalue weighted by Crippen LogP contribution is 2.26. The van der Waals surface area contributed by atoms with Gasteiger partial charge in [-0.1, -0.05) is 74.0 Å². The Morgan fingerprint density at radius 3 is 1.87 bits per heavy atom. The fraction of sp³-hybridized carbons (Fsp3) is 0.143. The third-order valence-corrected chi connectivity index (χ3v) is 2.29. The Morgan fingerprint density at radius 1 is 0.733 bits per heavy atom. The van der Waals surface area contributed by atoms with Gasteiger partial charge in [-0.15, -0.1) is 0 Å². The summed E-state index contributed by atoms with van der Waals surface area (Å²) in [4.78, 5) is 0. The molecule has 0 radical (unpaired) electrons. The van der Waals surface area contributed by atoms with Gasteiger partial charge in [-0.05, 0) is 11.6 Å². The summed E-state index contributed by atoms with van der Waals surface area (Å²) >= 11 is 6.06. The van der Waals surface area contributed by atoms with Crippen LogP contribution in [0.15, 0.2) is 54.6 Å². The monoisotopic (exact) mass is 218 g/mol. The molecule has 15 heavy (non-hydrogen) atoms. The van der Waals surface area contributed by atoms with Gasteiger partial charge in [0.15, 0.2) is 0 Å². The zero-order valence-corrected chi connectivity index (χ0v) is 9.83. The number of hydrogen-bond donors (Lipinski definition) is 0. The molecule has 0 amide bonds. The summed E-state index contributed by atoms with van der Waals surface area (Å²) in [5.74, 6) is 0. The van der Waals surface area contributed by atoms with Crippen LogP contribution in [0.5, 0.6) is 0 Å². The summed E-state index contributed by atoms with van der Waals surface area (Å²) in [5.41, 5.74) is 2.25. The van der Waals surface area contributed by atoms with Crippen LogP contribution in [0.25, 0.3) is 11.1 Å². The van der Waals surface area contributed by atoms with Gasteiger partial charge < -0.3 is 0 Å². The van der Waals surface area contributed by atoms with E-state index >= 15 is 0 Å². The van der Waals surface area contributed by atoms with E-state index in [1.807, 2.05) is 56.3 Å². The quantitative estimate of drug-likeness (QED) is 0.630. The number of rotatable bonds is 1. The van der Waals surface area contributed by atoms with Crippen LogP contribution in [-0.2, 0) is 0 Å². The average molecular weight is 219 g/mol. The molecule has 0 nitrogen and oxygen atoms in total. The largest absolute Gasteiger partial charge is 0.0837 e.